The number of aromatic nitrogens is 1. The van der Waals surface area contributed by atoms with Crippen LogP contribution in [0.1, 0.15) is 29.5 Å². The van der Waals surface area contributed by atoms with Gasteiger partial charge in [0.15, 0.2) is 5.13 Å². The lowest BCUT2D eigenvalue weighted by molar-refractivity contribution is -0.125. The molecule has 0 radical (unpaired) electrons. The Labute approximate surface area is 195 Å². The molecule has 1 aromatic heterocycles. The standard InChI is InChI=1S/C24H25FN4O3S/c1-16-11-17(2)13-20(12-16)29(15-22(31)27-14-18-3-5-19(25)6-4-18)23(32)8-7-21(30)28-24-26-9-10-33-24/h3-6,9-13H,7-8,14-15H2,1-2H3,(H,27,31)(H,26,28,30). The van der Waals surface area contributed by atoms with Gasteiger partial charge in [-0.1, -0.05) is 18.2 Å². The van der Waals surface area contributed by atoms with E-state index in [1.54, 1.807) is 23.7 Å². The summed E-state index contributed by atoms with van der Waals surface area (Å²) >= 11 is 1.29. The number of rotatable bonds is 9. The molecule has 0 bridgehead atoms. The zero-order valence-corrected chi connectivity index (χ0v) is 19.2. The average Bonchev–Trinajstić information content (AvgIpc) is 3.27. The molecule has 3 rings (SSSR count). The minimum Gasteiger partial charge on any atom is -0.350 e. The van der Waals surface area contributed by atoms with Gasteiger partial charge in [0.2, 0.25) is 17.7 Å². The summed E-state index contributed by atoms with van der Waals surface area (Å²) in [6.07, 6.45) is 1.49. The van der Waals surface area contributed by atoms with Crippen molar-refractivity contribution in [3.8, 4) is 0 Å². The van der Waals surface area contributed by atoms with Crippen molar-refractivity contribution in [3.05, 3.63) is 76.5 Å². The van der Waals surface area contributed by atoms with E-state index < -0.39 is 0 Å². The van der Waals surface area contributed by atoms with Crippen LogP contribution in [0.2, 0.25) is 0 Å². The van der Waals surface area contributed by atoms with Gasteiger partial charge < -0.3 is 15.5 Å². The zero-order valence-electron chi connectivity index (χ0n) is 18.4. The van der Waals surface area contributed by atoms with Crippen LogP contribution in [0.4, 0.5) is 15.2 Å². The number of amides is 3. The number of nitrogens with zero attached hydrogens (tertiary/aromatic N) is 2. The fraction of sp³-hybridized carbons (Fsp3) is 0.250. The van der Waals surface area contributed by atoms with E-state index in [2.05, 4.69) is 15.6 Å². The molecule has 9 heteroatoms. The van der Waals surface area contributed by atoms with Gasteiger partial charge in [0.1, 0.15) is 12.4 Å². The minimum absolute atomic E-state index is 0.0308. The average molecular weight is 469 g/mol. The lowest BCUT2D eigenvalue weighted by Gasteiger charge is -2.23. The van der Waals surface area contributed by atoms with Crippen molar-refractivity contribution >= 4 is 39.9 Å². The zero-order chi connectivity index (χ0) is 23.8. The maximum Gasteiger partial charge on any atom is 0.240 e. The van der Waals surface area contributed by atoms with Gasteiger partial charge in [0, 0.05) is 36.7 Å². The molecule has 33 heavy (non-hydrogen) atoms. The summed E-state index contributed by atoms with van der Waals surface area (Å²) in [6.45, 7) is 3.84. The van der Waals surface area contributed by atoms with E-state index in [1.807, 2.05) is 32.0 Å². The third-order valence-electron chi connectivity index (χ3n) is 4.77. The van der Waals surface area contributed by atoms with Gasteiger partial charge >= 0.3 is 0 Å². The number of halogens is 1. The maximum atomic E-state index is 13.1. The number of anilines is 2. The van der Waals surface area contributed by atoms with Crippen LogP contribution < -0.4 is 15.5 Å². The topological polar surface area (TPSA) is 91.4 Å². The van der Waals surface area contributed by atoms with E-state index in [9.17, 15) is 18.8 Å². The molecule has 7 nitrogen and oxygen atoms in total. The third-order valence-corrected chi connectivity index (χ3v) is 5.46. The van der Waals surface area contributed by atoms with Crippen LogP contribution in [0.15, 0.2) is 54.0 Å². The summed E-state index contributed by atoms with van der Waals surface area (Å²) in [5, 5.41) is 7.62. The monoisotopic (exact) mass is 468 g/mol. The Morgan fingerprint density at radius 3 is 2.33 bits per heavy atom. The molecule has 0 atom stereocenters. The van der Waals surface area contributed by atoms with E-state index >= 15 is 0 Å². The highest BCUT2D eigenvalue weighted by molar-refractivity contribution is 7.13. The molecule has 1 heterocycles. The molecule has 2 aromatic carbocycles. The second kappa shape index (κ2) is 11.3. The fourth-order valence-corrected chi connectivity index (χ4v) is 3.80. The lowest BCUT2D eigenvalue weighted by Crippen LogP contribution is -2.41. The predicted octanol–water partition coefficient (Wildman–Crippen LogP) is 3.97. The van der Waals surface area contributed by atoms with Crippen molar-refractivity contribution in [2.24, 2.45) is 0 Å². The minimum atomic E-state index is -0.362. The molecule has 0 saturated heterocycles. The molecule has 3 amide bonds. The van der Waals surface area contributed by atoms with Crippen LogP contribution in [0.3, 0.4) is 0 Å². The molecular weight excluding hydrogens is 443 g/mol. The van der Waals surface area contributed by atoms with Gasteiger partial charge in [0.25, 0.3) is 0 Å². The normalized spacial score (nSPS) is 10.5. The van der Waals surface area contributed by atoms with E-state index in [4.69, 9.17) is 0 Å². The predicted molar refractivity (Wildman–Crippen MR) is 126 cm³/mol. The lowest BCUT2D eigenvalue weighted by atomic mass is 10.1. The summed E-state index contributed by atoms with van der Waals surface area (Å²) in [7, 11) is 0. The van der Waals surface area contributed by atoms with Crippen LogP contribution in [0, 0.1) is 19.7 Å². The Hall–Kier alpha value is -3.59. The van der Waals surface area contributed by atoms with Crippen molar-refractivity contribution in [1.29, 1.82) is 0 Å². The Kier molecular flexibility index (Phi) is 8.26. The number of carbonyl (C=O) groups excluding carboxylic acids is 3. The quantitative estimate of drug-likeness (QED) is 0.497. The van der Waals surface area contributed by atoms with Crippen molar-refractivity contribution < 1.29 is 18.8 Å². The number of hydrogen-bond donors (Lipinski definition) is 2. The smallest absolute Gasteiger partial charge is 0.240 e. The highest BCUT2D eigenvalue weighted by Crippen LogP contribution is 2.20. The second-order valence-electron chi connectivity index (χ2n) is 7.61. The van der Waals surface area contributed by atoms with Gasteiger partial charge in [-0.15, -0.1) is 11.3 Å². The van der Waals surface area contributed by atoms with Gasteiger partial charge in [-0.25, -0.2) is 9.37 Å². The van der Waals surface area contributed by atoms with Crippen molar-refractivity contribution in [2.75, 3.05) is 16.8 Å². The molecule has 0 aliphatic rings. The van der Waals surface area contributed by atoms with E-state index in [1.165, 1.54) is 28.4 Å². The number of carbonyl (C=O) groups is 3. The van der Waals surface area contributed by atoms with Crippen LogP contribution in [0.5, 0.6) is 0 Å². The van der Waals surface area contributed by atoms with E-state index in [0.717, 1.165) is 16.7 Å². The number of aryl methyl sites for hydroxylation is 2. The molecule has 2 N–H and O–H groups in total. The SMILES string of the molecule is Cc1cc(C)cc(N(CC(=O)NCc2ccc(F)cc2)C(=O)CCC(=O)Nc2nccs2)c1. The second-order valence-corrected chi connectivity index (χ2v) is 8.51. The Morgan fingerprint density at radius 1 is 1.00 bits per heavy atom. The largest absolute Gasteiger partial charge is 0.350 e. The summed E-state index contributed by atoms with van der Waals surface area (Å²) < 4.78 is 13.1. The molecule has 0 fully saturated rings. The third kappa shape index (κ3) is 7.50. The number of thiazole rings is 1. The maximum absolute atomic E-state index is 13.1. The van der Waals surface area contributed by atoms with Crippen molar-refractivity contribution in [2.45, 2.75) is 33.2 Å². The molecule has 0 unspecified atom stereocenters. The van der Waals surface area contributed by atoms with Gasteiger partial charge in [-0.2, -0.15) is 0 Å². The summed E-state index contributed by atoms with van der Waals surface area (Å²) in [4.78, 5) is 43.2. The summed E-state index contributed by atoms with van der Waals surface area (Å²) in [5.74, 6) is -1.37. The van der Waals surface area contributed by atoms with E-state index in [-0.39, 0.29) is 49.5 Å². The van der Waals surface area contributed by atoms with Crippen molar-refractivity contribution in [1.82, 2.24) is 10.3 Å². The van der Waals surface area contributed by atoms with Gasteiger partial charge in [0.05, 0.1) is 0 Å². The van der Waals surface area contributed by atoms with Crippen molar-refractivity contribution in [3.63, 3.8) is 0 Å². The van der Waals surface area contributed by atoms with Gasteiger partial charge in [-0.05, 0) is 54.8 Å². The Balaban J connectivity index is 1.66. The first-order valence-corrected chi connectivity index (χ1v) is 11.3. The highest BCUT2D eigenvalue weighted by Gasteiger charge is 2.21. The molecule has 0 saturated carbocycles. The summed E-state index contributed by atoms with van der Waals surface area (Å²) in [5.41, 5.74) is 3.25. The fourth-order valence-electron chi connectivity index (χ4n) is 3.25. The molecule has 172 valence electrons. The van der Waals surface area contributed by atoms with E-state index in [0.29, 0.717) is 10.8 Å². The first-order chi connectivity index (χ1) is 15.8. The summed E-state index contributed by atoms with van der Waals surface area (Å²) in [6, 6.07) is 11.4. The Bertz CT molecular complexity index is 1100. The van der Waals surface area contributed by atoms with Crippen LogP contribution in [0.25, 0.3) is 0 Å². The van der Waals surface area contributed by atoms with Crippen LogP contribution in [-0.2, 0) is 20.9 Å². The van der Waals surface area contributed by atoms with Crippen LogP contribution >= 0.6 is 11.3 Å². The first-order valence-electron chi connectivity index (χ1n) is 10.4. The molecule has 3 aromatic rings. The number of benzene rings is 2. The molecule has 0 aliphatic heterocycles. The number of hydrogen-bond acceptors (Lipinski definition) is 5. The number of nitrogens with one attached hydrogen (secondary N) is 2. The molecule has 0 spiro atoms. The molecular formula is C24H25FN4O3S. The Morgan fingerprint density at radius 2 is 1.70 bits per heavy atom. The molecule has 0 aliphatic carbocycles. The highest BCUT2D eigenvalue weighted by atomic mass is 32.1. The van der Waals surface area contributed by atoms with Gasteiger partial charge in [-0.3, -0.25) is 14.4 Å². The first kappa shape index (κ1) is 24.1. The van der Waals surface area contributed by atoms with Crippen LogP contribution in [-0.4, -0.2) is 29.3 Å².